The summed E-state index contributed by atoms with van der Waals surface area (Å²) in [5.74, 6) is 1.45. The van der Waals surface area contributed by atoms with Crippen LogP contribution in [0.15, 0.2) is 35.6 Å². The van der Waals surface area contributed by atoms with Gasteiger partial charge in [-0.3, -0.25) is 0 Å². The summed E-state index contributed by atoms with van der Waals surface area (Å²) in [6.45, 7) is 4.58. The molecule has 3 nitrogen and oxygen atoms in total. The number of hydrogen-bond acceptors (Lipinski definition) is 3. The van der Waals surface area contributed by atoms with E-state index in [0.717, 1.165) is 16.5 Å². The number of benzene rings is 1. The molecule has 3 rings (SSSR count). The molecule has 0 saturated heterocycles. The molecule has 0 atom stereocenters. The van der Waals surface area contributed by atoms with Gasteiger partial charge >= 0.3 is 0 Å². The minimum absolute atomic E-state index is 0.108. The van der Waals surface area contributed by atoms with E-state index in [1.165, 1.54) is 24.1 Å². The average molecular weight is 302 g/mol. The van der Waals surface area contributed by atoms with Gasteiger partial charge in [-0.15, -0.1) is 0 Å². The van der Waals surface area contributed by atoms with Crippen molar-refractivity contribution in [1.29, 1.82) is 0 Å². The summed E-state index contributed by atoms with van der Waals surface area (Å²) in [4.78, 5) is 4.63. The summed E-state index contributed by atoms with van der Waals surface area (Å²) >= 11 is 1.81. The van der Waals surface area contributed by atoms with E-state index in [0.29, 0.717) is 12.0 Å². The van der Waals surface area contributed by atoms with Gasteiger partial charge in [-0.2, -0.15) is 0 Å². The highest BCUT2D eigenvalue weighted by atomic mass is 32.2. The third-order valence-electron chi connectivity index (χ3n) is 3.87. The van der Waals surface area contributed by atoms with E-state index in [2.05, 4.69) is 35.5 Å². The molecule has 4 heteroatoms. The van der Waals surface area contributed by atoms with E-state index < -0.39 is 0 Å². The summed E-state index contributed by atoms with van der Waals surface area (Å²) in [5, 5.41) is 10.2. The number of imidazole rings is 1. The Morgan fingerprint density at radius 1 is 1.24 bits per heavy atom. The van der Waals surface area contributed by atoms with Gasteiger partial charge in [0.05, 0.1) is 6.61 Å². The van der Waals surface area contributed by atoms with Crippen LogP contribution in [-0.4, -0.2) is 14.7 Å². The summed E-state index contributed by atoms with van der Waals surface area (Å²) in [7, 11) is 0. The molecule has 0 amide bonds. The lowest BCUT2D eigenvalue weighted by Crippen LogP contribution is -2.03. The lowest BCUT2D eigenvalue weighted by Gasteiger charge is -2.12. The van der Waals surface area contributed by atoms with Crippen LogP contribution in [0, 0.1) is 0 Å². The van der Waals surface area contributed by atoms with Crippen LogP contribution in [0.3, 0.4) is 0 Å². The first-order valence-corrected chi connectivity index (χ1v) is 8.56. The Morgan fingerprint density at radius 2 is 1.90 bits per heavy atom. The van der Waals surface area contributed by atoms with E-state index in [9.17, 15) is 0 Å². The molecule has 1 fully saturated rings. The number of nitrogens with zero attached hydrogens (tertiary/aromatic N) is 2. The minimum atomic E-state index is 0.108. The van der Waals surface area contributed by atoms with Crippen LogP contribution in [0.5, 0.6) is 0 Å². The maximum atomic E-state index is 9.08. The minimum Gasteiger partial charge on any atom is -0.392 e. The van der Waals surface area contributed by atoms with Crippen molar-refractivity contribution >= 4 is 11.8 Å². The molecule has 21 heavy (non-hydrogen) atoms. The second-order valence-electron chi connectivity index (χ2n) is 5.98. The molecule has 1 aliphatic carbocycles. The summed E-state index contributed by atoms with van der Waals surface area (Å²) in [5.41, 5.74) is 3.59. The van der Waals surface area contributed by atoms with E-state index >= 15 is 0 Å². The highest BCUT2D eigenvalue weighted by molar-refractivity contribution is 7.98. The smallest absolute Gasteiger partial charge is 0.168 e. The summed E-state index contributed by atoms with van der Waals surface area (Å²) in [6.07, 6.45) is 4.61. The molecule has 1 N–H and O–H groups in total. The predicted octanol–water partition coefficient (Wildman–Crippen LogP) is 4.13. The van der Waals surface area contributed by atoms with E-state index in [-0.39, 0.29) is 6.61 Å². The monoisotopic (exact) mass is 302 g/mol. The number of aliphatic hydroxyl groups excluding tert-OH is 1. The maximum absolute atomic E-state index is 9.08. The van der Waals surface area contributed by atoms with Gasteiger partial charge < -0.3 is 9.67 Å². The first kappa shape index (κ1) is 14.7. The SMILES string of the molecule is CC(C)c1cnc(SCc2ccc(CO)cc2)n1C1CC1. The number of aromatic nitrogens is 2. The van der Waals surface area contributed by atoms with Gasteiger partial charge in [0.1, 0.15) is 0 Å². The van der Waals surface area contributed by atoms with Crippen LogP contribution in [0.4, 0.5) is 0 Å². The van der Waals surface area contributed by atoms with Crippen LogP contribution in [-0.2, 0) is 12.4 Å². The molecule has 0 aliphatic heterocycles. The first-order chi connectivity index (χ1) is 10.2. The Bertz CT molecular complexity index is 600. The Hall–Kier alpha value is -1.26. The van der Waals surface area contributed by atoms with Gasteiger partial charge in [-0.25, -0.2) is 4.98 Å². The molecular weight excluding hydrogens is 280 g/mol. The number of aliphatic hydroxyl groups is 1. The second kappa shape index (κ2) is 6.24. The summed E-state index contributed by atoms with van der Waals surface area (Å²) in [6, 6.07) is 8.83. The van der Waals surface area contributed by atoms with E-state index in [1.807, 2.05) is 30.1 Å². The van der Waals surface area contributed by atoms with Crippen LogP contribution in [0.25, 0.3) is 0 Å². The molecule has 0 unspecified atom stereocenters. The van der Waals surface area contributed by atoms with Gasteiger partial charge in [0, 0.05) is 23.7 Å². The van der Waals surface area contributed by atoms with Crippen molar-refractivity contribution in [3.8, 4) is 0 Å². The topological polar surface area (TPSA) is 38.1 Å². The zero-order chi connectivity index (χ0) is 14.8. The molecule has 112 valence electrons. The largest absolute Gasteiger partial charge is 0.392 e. The highest BCUT2D eigenvalue weighted by Gasteiger charge is 2.29. The van der Waals surface area contributed by atoms with Gasteiger partial charge in [0.25, 0.3) is 0 Å². The number of hydrogen-bond donors (Lipinski definition) is 1. The third kappa shape index (κ3) is 3.33. The molecular formula is C17H22N2OS. The Kier molecular flexibility index (Phi) is 4.36. The lowest BCUT2D eigenvalue weighted by molar-refractivity contribution is 0.282. The molecule has 1 heterocycles. The lowest BCUT2D eigenvalue weighted by atomic mass is 10.1. The predicted molar refractivity (Wildman–Crippen MR) is 86.5 cm³/mol. The van der Waals surface area contributed by atoms with Gasteiger partial charge in [0.2, 0.25) is 0 Å². The zero-order valence-electron chi connectivity index (χ0n) is 12.6. The summed E-state index contributed by atoms with van der Waals surface area (Å²) < 4.78 is 2.44. The fourth-order valence-corrected chi connectivity index (χ4v) is 3.49. The maximum Gasteiger partial charge on any atom is 0.168 e. The molecule has 0 radical (unpaired) electrons. The van der Waals surface area contributed by atoms with Crippen LogP contribution < -0.4 is 0 Å². The van der Waals surface area contributed by atoms with Gasteiger partial charge in [0.15, 0.2) is 5.16 Å². The fraction of sp³-hybridized carbons (Fsp3) is 0.471. The molecule has 0 spiro atoms. The molecule has 2 aromatic rings. The Labute approximate surface area is 130 Å². The van der Waals surface area contributed by atoms with Crippen molar-refractivity contribution in [3.05, 3.63) is 47.3 Å². The van der Waals surface area contributed by atoms with Crippen molar-refractivity contribution < 1.29 is 5.11 Å². The standard InChI is InChI=1S/C17H22N2OS/c1-12(2)16-9-18-17(19(16)15-7-8-15)21-11-14-5-3-13(10-20)4-6-14/h3-6,9,12,15,20H,7-8,10-11H2,1-2H3. The van der Waals surface area contributed by atoms with Crippen molar-refractivity contribution in [2.24, 2.45) is 0 Å². The fourth-order valence-electron chi connectivity index (χ4n) is 2.48. The van der Waals surface area contributed by atoms with Crippen molar-refractivity contribution in [2.45, 2.75) is 56.2 Å². The average Bonchev–Trinajstić information content (AvgIpc) is 3.25. The normalized spacial score (nSPS) is 14.9. The Morgan fingerprint density at radius 3 is 2.48 bits per heavy atom. The van der Waals surface area contributed by atoms with E-state index in [1.54, 1.807) is 0 Å². The second-order valence-corrected chi connectivity index (χ2v) is 6.93. The van der Waals surface area contributed by atoms with Crippen molar-refractivity contribution in [1.82, 2.24) is 9.55 Å². The molecule has 0 bridgehead atoms. The quantitative estimate of drug-likeness (QED) is 0.815. The molecule has 1 aromatic heterocycles. The van der Waals surface area contributed by atoms with Crippen molar-refractivity contribution in [3.63, 3.8) is 0 Å². The van der Waals surface area contributed by atoms with Gasteiger partial charge in [-0.1, -0.05) is 49.9 Å². The molecule has 1 saturated carbocycles. The number of rotatable bonds is 6. The Balaban J connectivity index is 1.72. The molecule has 1 aliphatic rings. The highest BCUT2D eigenvalue weighted by Crippen LogP contribution is 2.41. The van der Waals surface area contributed by atoms with Crippen LogP contribution in [0.1, 0.15) is 55.5 Å². The third-order valence-corrected chi connectivity index (χ3v) is 4.91. The van der Waals surface area contributed by atoms with Gasteiger partial charge in [-0.05, 0) is 29.9 Å². The van der Waals surface area contributed by atoms with Crippen molar-refractivity contribution in [2.75, 3.05) is 0 Å². The zero-order valence-corrected chi connectivity index (χ0v) is 13.4. The first-order valence-electron chi connectivity index (χ1n) is 7.57. The van der Waals surface area contributed by atoms with E-state index in [4.69, 9.17) is 5.11 Å². The van der Waals surface area contributed by atoms with Crippen LogP contribution >= 0.6 is 11.8 Å². The molecule has 1 aromatic carbocycles. The number of thioether (sulfide) groups is 1. The van der Waals surface area contributed by atoms with Crippen LogP contribution in [0.2, 0.25) is 0 Å².